The first-order valence-corrected chi connectivity index (χ1v) is 9.96. The summed E-state index contributed by atoms with van der Waals surface area (Å²) in [5, 5.41) is 0. The van der Waals surface area contributed by atoms with E-state index in [1.54, 1.807) is 6.20 Å². The van der Waals surface area contributed by atoms with Crippen molar-refractivity contribution < 1.29 is 19.1 Å². The number of carbonyl (C=O) groups excluding carboxylic acids is 3. The smallest absolute Gasteiger partial charge is 0.321 e. The largest absolute Gasteiger partial charge is 0.465 e. The average Bonchev–Trinajstić information content (AvgIpc) is 3.25. The number of hydrogen-bond donors (Lipinski definition) is 1. The molecule has 5 nitrogen and oxygen atoms in total. The lowest BCUT2D eigenvalue weighted by molar-refractivity contribution is -0.154. The van der Waals surface area contributed by atoms with Crippen LogP contribution in [0.2, 0.25) is 0 Å². The lowest BCUT2D eigenvalue weighted by Gasteiger charge is -2.32. The number of hydrogen-bond acceptors (Lipinski definition) is 4. The van der Waals surface area contributed by atoms with Gasteiger partial charge >= 0.3 is 5.97 Å². The summed E-state index contributed by atoms with van der Waals surface area (Å²) in [6.45, 7) is 3.85. The van der Waals surface area contributed by atoms with E-state index in [0.717, 1.165) is 30.4 Å². The summed E-state index contributed by atoms with van der Waals surface area (Å²) in [4.78, 5) is 41.6. The molecule has 2 atom stereocenters. The van der Waals surface area contributed by atoms with Crippen LogP contribution in [0.4, 0.5) is 0 Å². The standard InChI is InChI=1S/C23H27NO4/c1-3-4-8-15-28-22(27)23(13-11-16(2)25)19(17-9-6-5-7-10-17)18-12-14-24-20(18)21(23)26/h5-7,9-10,12,14,19,24H,3-4,8,11,13,15H2,1-2H3/t19-,23-/m1/s1. The number of aromatic nitrogens is 1. The Kier molecular flexibility index (Phi) is 6.12. The highest BCUT2D eigenvalue weighted by Gasteiger charge is 2.60. The molecule has 1 aromatic carbocycles. The molecule has 0 aliphatic heterocycles. The normalized spacial score (nSPS) is 20.8. The lowest BCUT2D eigenvalue weighted by atomic mass is 9.69. The third kappa shape index (κ3) is 3.53. The molecule has 1 aliphatic carbocycles. The quantitative estimate of drug-likeness (QED) is 0.396. The second-order valence-corrected chi connectivity index (χ2v) is 7.50. The molecule has 0 spiro atoms. The fourth-order valence-electron chi connectivity index (χ4n) is 4.14. The Morgan fingerprint density at radius 2 is 1.89 bits per heavy atom. The Balaban J connectivity index is 2.04. The summed E-state index contributed by atoms with van der Waals surface area (Å²) in [5.41, 5.74) is 0.721. The molecule has 0 saturated heterocycles. The van der Waals surface area contributed by atoms with Crippen LogP contribution in [0.1, 0.15) is 73.5 Å². The van der Waals surface area contributed by atoms with Gasteiger partial charge in [-0.1, -0.05) is 50.1 Å². The molecule has 0 saturated carbocycles. The second kappa shape index (κ2) is 8.55. The van der Waals surface area contributed by atoms with Crippen LogP contribution in [0.5, 0.6) is 0 Å². The molecule has 28 heavy (non-hydrogen) atoms. The molecule has 148 valence electrons. The Morgan fingerprint density at radius 3 is 2.57 bits per heavy atom. The first-order valence-electron chi connectivity index (χ1n) is 9.96. The highest BCUT2D eigenvalue weighted by Crippen LogP contribution is 2.53. The van der Waals surface area contributed by atoms with Crippen LogP contribution < -0.4 is 0 Å². The zero-order chi connectivity index (χ0) is 20.1. The Bertz CT molecular complexity index is 854. The van der Waals surface area contributed by atoms with Gasteiger partial charge in [-0.25, -0.2) is 0 Å². The molecule has 0 radical (unpaired) electrons. The van der Waals surface area contributed by atoms with Crippen LogP contribution in [-0.2, 0) is 14.3 Å². The maximum Gasteiger partial charge on any atom is 0.321 e. The van der Waals surface area contributed by atoms with Crippen molar-refractivity contribution in [2.75, 3.05) is 6.61 Å². The van der Waals surface area contributed by atoms with Crippen molar-refractivity contribution >= 4 is 17.5 Å². The molecule has 1 N–H and O–H groups in total. The van der Waals surface area contributed by atoms with Crippen molar-refractivity contribution in [3.8, 4) is 0 Å². The van der Waals surface area contributed by atoms with E-state index < -0.39 is 17.3 Å². The number of Topliss-reactive ketones (excluding diaryl/α,β-unsaturated/α-hetero) is 2. The number of rotatable bonds is 9. The number of H-pyrrole nitrogens is 1. The minimum atomic E-state index is -1.40. The zero-order valence-electron chi connectivity index (χ0n) is 16.5. The molecule has 0 amide bonds. The molecule has 2 aromatic rings. The molecule has 1 heterocycles. The van der Waals surface area contributed by atoms with E-state index in [0.29, 0.717) is 5.69 Å². The van der Waals surface area contributed by atoms with Crippen LogP contribution in [0.25, 0.3) is 0 Å². The Labute approximate surface area is 165 Å². The Hall–Kier alpha value is -2.69. The monoisotopic (exact) mass is 381 g/mol. The number of ether oxygens (including phenoxy) is 1. The number of fused-ring (bicyclic) bond motifs is 1. The van der Waals surface area contributed by atoms with Gasteiger partial charge < -0.3 is 14.5 Å². The summed E-state index contributed by atoms with van der Waals surface area (Å²) in [7, 11) is 0. The average molecular weight is 381 g/mol. The van der Waals surface area contributed by atoms with E-state index in [1.165, 1.54) is 6.92 Å². The third-order valence-corrected chi connectivity index (χ3v) is 5.56. The van der Waals surface area contributed by atoms with Crippen molar-refractivity contribution in [2.24, 2.45) is 5.41 Å². The molecular weight excluding hydrogens is 354 g/mol. The summed E-state index contributed by atoms with van der Waals surface area (Å²) in [6.07, 6.45) is 4.77. The summed E-state index contributed by atoms with van der Waals surface area (Å²) >= 11 is 0. The summed E-state index contributed by atoms with van der Waals surface area (Å²) in [5.74, 6) is -1.30. The molecule has 0 bridgehead atoms. The van der Waals surface area contributed by atoms with Gasteiger partial charge in [0.1, 0.15) is 11.2 Å². The number of aromatic amines is 1. The minimum absolute atomic E-state index is 0.0478. The second-order valence-electron chi connectivity index (χ2n) is 7.50. The number of esters is 1. The van der Waals surface area contributed by atoms with E-state index >= 15 is 0 Å². The van der Waals surface area contributed by atoms with Gasteiger partial charge in [-0.2, -0.15) is 0 Å². The molecular formula is C23H27NO4. The van der Waals surface area contributed by atoms with Gasteiger partial charge in [0.2, 0.25) is 0 Å². The van der Waals surface area contributed by atoms with Crippen LogP contribution in [0, 0.1) is 5.41 Å². The minimum Gasteiger partial charge on any atom is -0.465 e. The van der Waals surface area contributed by atoms with E-state index in [-0.39, 0.29) is 31.0 Å². The predicted molar refractivity (Wildman–Crippen MR) is 106 cm³/mol. The van der Waals surface area contributed by atoms with Gasteiger partial charge in [0.05, 0.1) is 12.3 Å². The number of carbonyl (C=O) groups is 3. The SMILES string of the molecule is CCCCCOC(=O)[C@@]1(CCC(C)=O)C(=O)c2[nH]ccc2[C@H]1c1ccccc1. The van der Waals surface area contributed by atoms with Gasteiger partial charge in [0.15, 0.2) is 5.78 Å². The van der Waals surface area contributed by atoms with E-state index in [2.05, 4.69) is 11.9 Å². The molecule has 0 unspecified atom stereocenters. The Morgan fingerprint density at radius 1 is 1.14 bits per heavy atom. The third-order valence-electron chi connectivity index (χ3n) is 5.56. The van der Waals surface area contributed by atoms with E-state index in [1.807, 2.05) is 36.4 Å². The van der Waals surface area contributed by atoms with Crippen molar-refractivity contribution in [1.82, 2.24) is 4.98 Å². The highest BCUT2D eigenvalue weighted by molar-refractivity contribution is 6.17. The molecule has 1 aliphatic rings. The zero-order valence-corrected chi connectivity index (χ0v) is 16.5. The van der Waals surface area contributed by atoms with Gasteiger partial charge in [0, 0.05) is 18.5 Å². The van der Waals surface area contributed by atoms with E-state index in [4.69, 9.17) is 4.74 Å². The van der Waals surface area contributed by atoms with Gasteiger partial charge in [-0.05, 0) is 37.0 Å². The van der Waals surface area contributed by atoms with E-state index in [9.17, 15) is 14.4 Å². The van der Waals surface area contributed by atoms with Crippen molar-refractivity contribution in [2.45, 2.75) is 51.9 Å². The highest BCUT2D eigenvalue weighted by atomic mass is 16.5. The van der Waals surface area contributed by atoms with Crippen molar-refractivity contribution in [3.63, 3.8) is 0 Å². The molecule has 5 heteroatoms. The number of nitrogens with one attached hydrogen (secondary N) is 1. The lowest BCUT2D eigenvalue weighted by Crippen LogP contribution is -2.42. The molecule has 3 rings (SSSR count). The van der Waals surface area contributed by atoms with Crippen molar-refractivity contribution in [1.29, 1.82) is 0 Å². The maximum absolute atomic E-state index is 13.5. The van der Waals surface area contributed by atoms with Crippen LogP contribution in [0.3, 0.4) is 0 Å². The van der Waals surface area contributed by atoms with Gasteiger partial charge in [-0.15, -0.1) is 0 Å². The van der Waals surface area contributed by atoms with Gasteiger partial charge in [-0.3, -0.25) is 9.59 Å². The van der Waals surface area contributed by atoms with Crippen molar-refractivity contribution in [3.05, 3.63) is 59.4 Å². The van der Waals surface area contributed by atoms with Crippen LogP contribution >= 0.6 is 0 Å². The fourth-order valence-corrected chi connectivity index (χ4v) is 4.14. The van der Waals surface area contributed by atoms with Gasteiger partial charge in [0.25, 0.3) is 0 Å². The number of ketones is 2. The molecule has 1 aromatic heterocycles. The van der Waals surface area contributed by atoms with Crippen LogP contribution in [0.15, 0.2) is 42.6 Å². The van der Waals surface area contributed by atoms with Crippen LogP contribution in [-0.4, -0.2) is 29.1 Å². The predicted octanol–water partition coefficient (Wildman–Crippen LogP) is 4.43. The first kappa shape index (κ1) is 20.1. The summed E-state index contributed by atoms with van der Waals surface area (Å²) < 4.78 is 5.60. The fraction of sp³-hybridized carbons (Fsp3) is 0.435. The number of benzene rings is 1. The molecule has 0 fully saturated rings. The topological polar surface area (TPSA) is 76.2 Å². The maximum atomic E-state index is 13.5. The number of unbranched alkanes of at least 4 members (excludes halogenated alkanes) is 2. The first-order chi connectivity index (χ1) is 13.5. The summed E-state index contributed by atoms with van der Waals surface area (Å²) in [6, 6.07) is 11.4.